The predicted molar refractivity (Wildman–Crippen MR) is 53.3 cm³/mol. The molecule has 1 aromatic carbocycles. The first-order valence-corrected chi connectivity index (χ1v) is 4.59. The molecule has 5 nitrogen and oxygen atoms in total. The molecule has 1 aromatic rings. The van der Waals surface area contributed by atoms with Gasteiger partial charge >= 0.3 is 5.97 Å². The molecule has 0 aromatic heterocycles. The Morgan fingerprint density at radius 2 is 2.25 bits per heavy atom. The van der Waals surface area contributed by atoms with Crippen molar-refractivity contribution in [1.29, 1.82) is 0 Å². The van der Waals surface area contributed by atoms with E-state index in [4.69, 9.17) is 0 Å². The first kappa shape index (κ1) is 12.1. The molecule has 6 heteroatoms. The summed E-state index contributed by atoms with van der Waals surface area (Å²) in [5.41, 5.74) is 1.50. The van der Waals surface area contributed by atoms with Gasteiger partial charge in [0.2, 0.25) is 6.54 Å². The van der Waals surface area contributed by atoms with Gasteiger partial charge in [0, 0.05) is 15.9 Å². The Labute approximate surface area is 90.9 Å². The average Bonchev–Trinajstić information content (AvgIpc) is 2.26. The van der Waals surface area contributed by atoms with E-state index in [1.165, 1.54) is 12.1 Å². The normalized spacial score (nSPS) is 9.88. The Balaban J connectivity index is 2.90. The number of nitro groups is 1. The molecule has 0 aliphatic heterocycles. The summed E-state index contributed by atoms with van der Waals surface area (Å²) < 4.78 is 11.7. The first-order valence-electron chi connectivity index (χ1n) is 4.59. The lowest BCUT2D eigenvalue weighted by molar-refractivity contribution is -0.479. The number of carbonyl (C=O) groups excluding carboxylic acids is 1. The van der Waals surface area contributed by atoms with Crippen molar-refractivity contribution >= 4 is 5.97 Å². The minimum Gasteiger partial charge on any atom is -0.265 e. The SMILES string of the molecule is Cc1ccc(C(=O)OF)cc1CC[N+](=O)[O-]. The number of rotatable bonds is 4. The van der Waals surface area contributed by atoms with Crippen LogP contribution in [0.2, 0.25) is 0 Å². The van der Waals surface area contributed by atoms with Gasteiger partial charge in [0.15, 0.2) is 0 Å². The van der Waals surface area contributed by atoms with Crippen LogP contribution in [0.15, 0.2) is 18.2 Å². The maximum Gasteiger partial charge on any atom is 0.379 e. The maximum absolute atomic E-state index is 11.7. The van der Waals surface area contributed by atoms with Crippen LogP contribution in [-0.4, -0.2) is 17.4 Å². The standard InChI is InChI=1S/C10H10FNO4/c1-7-2-3-9(10(13)16-11)6-8(7)4-5-12(14)15/h2-3,6H,4-5H2,1H3. The minimum atomic E-state index is -1.10. The fourth-order valence-corrected chi connectivity index (χ4v) is 1.32. The molecule has 0 N–H and O–H groups in total. The summed E-state index contributed by atoms with van der Waals surface area (Å²) in [7, 11) is 0. The molecule has 0 aliphatic carbocycles. The molecule has 0 unspecified atom stereocenters. The number of benzene rings is 1. The van der Waals surface area contributed by atoms with Crippen molar-refractivity contribution in [3.8, 4) is 0 Å². The third-order valence-electron chi connectivity index (χ3n) is 2.22. The topological polar surface area (TPSA) is 69.4 Å². The number of nitrogens with zero attached hydrogens (tertiary/aromatic N) is 1. The van der Waals surface area contributed by atoms with E-state index < -0.39 is 10.9 Å². The van der Waals surface area contributed by atoms with Gasteiger partial charge in [-0.05, 0) is 30.2 Å². The summed E-state index contributed by atoms with van der Waals surface area (Å²) in [6, 6.07) is 4.41. The van der Waals surface area contributed by atoms with Crippen LogP contribution < -0.4 is 0 Å². The van der Waals surface area contributed by atoms with Gasteiger partial charge in [0.1, 0.15) is 0 Å². The van der Waals surface area contributed by atoms with E-state index in [1.54, 1.807) is 13.0 Å². The van der Waals surface area contributed by atoms with Crippen molar-refractivity contribution < 1.29 is 19.2 Å². The fourth-order valence-electron chi connectivity index (χ4n) is 1.32. The van der Waals surface area contributed by atoms with Crippen LogP contribution in [0.4, 0.5) is 4.53 Å². The third-order valence-corrected chi connectivity index (χ3v) is 2.22. The molecule has 0 bridgehead atoms. The zero-order valence-corrected chi connectivity index (χ0v) is 8.60. The van der Waals surface area contributed by atoms with Crippen LogP contribution in [0.5, 0.6) is 0 Å². The minimum absolute atomic E-state index is 0.0476. The number of hydrogen-bond donors (Lipinski definition) is 0. The van der Waals surface area contributed by atoms with Crippen LogP contribution in [0, 0.1) is 17.0 Å². The number of hydrogen-bond acceptors (Lipinski definition) is 4. The molecule has 0 amide bonds. The zero-order valence-electron chi connectivity index (χ0n) is 8.60. The van der Waals surface area contributed by atoms with Crippen molar-refractivity contribution in [3.63, 3.8) is 0 Å². The van der Waals surface area contributed by atoms with Gasteiger partial charge in [-0.1, -0.05) is 6.07 Å². The smallest absolute Gasteiger partial charge is 0.265 e. The van der Waals surface area contributed by atoms with Gasteiger partial charge in [0.25, 0.3) is 0 Å². The molecular formula is C10H10FNO4. The molecule has 0 heterocycles. The highest BCUT2D eigenvalue weighted by Gasteiger charge is 2.11. The second-order valence-corrected chi connectivity index (χ2v) is 3.31. The second-order valence-electron chi connectivity index (χ2n) is 3.31. The summed E-state index contributed by atoms with van der Waals surface area (Å²) in [6.45, 7) is 1.54. The zero-order chi connectivity index (χ0) is 12.1. The molecule has 0 aliphatic rings. The van der Waals surface area contributed by atoms with Crippen molar-refractivity contribution in [1.82, 2.24) is 0 Å². The lowest BCUT2D eigenvalue weighted by Gasteiger charge is -2.04. The van der Waals surface area contributed by atoms with Crippen molar-refractivity contribution in [2.75, 3.05) is 6.54 Å². The molecule has 0 saturated carbocycles. The van der Waals surface area contributed by atoms with Gasteiger partial charge in [-0.2, -0.15) is 0 Å². The van der Waals surface area contributed by atoms with E-state index in [0.717, 1.165) is 5.56 Å². The average molecular weight is 227 g/mol. The Hall–Kier alpha value is -1.98. The Bertz CT molecular complexity index is 419. The van der Waals surface area contributed by atoms with Gasteiger partial charge in [-0.3, -0.25) is 10.1 Å². The molecule has 0 radical (unpaired) electrons. The summed E-state index contributed by atoms with van der Waals surface area (Å²) in [5.74, 6) is -1.10. The van der Waals surface area contributed by atoms with Gasteiger partial charge in [-0.15, -0.1) is 0 Å². The summed E-state index contributed by atoms with van der Waals surface area (Å²) >= 11 is 0. The molecule has 0 atom stereocenters. The van der Waals surface area contributed by atoms with Gasteiger partial charge in [0.05, 0.1) is 5.56 Å². The third kappa shape index (κ3) is 3.01. The van der Waals surface area contributed by atoms with E-state index >= 15 is 0 Å². The Morgan fingerprint density at radius 1 is 1.56 bits per heavy atom. The van der Waals surface area contributed by atoms with Crippen molar-refractivity contribution in [2.24, 2.45) is 0 Å². The Kier molecular flexibility index (Phi) is 3.93. The van der Waals surface area contributed by atoms with E-state index in [-0.39, 0.29) is 18.5 Å². The van der Waals surface area contributed by atoms with Crippen molar-refractivity contribution in [3.05, 3.63) is 45.0 Å². The van der Waals surface area contributed by atoms with Crippen LogP contribution in [0.1, 0.15) is 21.5 Å². The molecule has 0 spiro atoms. The molecular weight excluding hydrogens is 217 g/mol. The molecule has 16 heavy (non-hydrogen) atoms. The number of aryl methyl sites for hydroxylation is 1. The first-order chi connectivity index (χ1) is 7.54. The second kappa shape index (κ2) is 5.20. The molecule has 86 valence electrons. The largest absolute Gasteiger partial charge is 0.379 e. The lowest BCUT2D eigenvalue weighted by Crippen LogP contribution is -2.07. The lowest BCUT2D eigenvalue weighted by atomic mass is 10.0. The predicted octanol–water partition coefficient (Wildman–Crippen LogP) is 1.86. The number of halogens is 1. The Morgan fingerprint density at radius 3 is 2.81 bits per heavy atom. The molecule has 1 rings (SSSR count). The van der Waals surface area contributed by atoms with Gasteiger partial charge in [-0.25, -0.2) is 9.74 Å². The van der Waals surface area contributed by atoms with Crippen LogP contribution in [0.25, 0.3) is 0 Å². The number of carbonyl (C=O) groups is 1. The highest BCUT2D eigenvalue weighted by Crippen LogP contribution is 2.13. The summed E-state index contributed by atoms with van der Waals surface area (Å²) in [4.78, 5) is 23.7. The van der Waals surface area contributed by atoms with E-state index in [9.17, 15) is 19.4 Å². The summed E-state index contributed by atoms with van der Waals surface area (Å²) in [5, 5.41) is 10.2. The highest BCUT2D eigenvalue weighted by atomic mass is 19.3. The van der Waals surface area contributed by atoms with E-state index in [0.29, 0.717) is 5.56 Å². The van der Waals surface area contributed by atoms with E-state index in [2.05, 4.69) is 4.94 Å². The monoisotopic (exact) mass is 227 g/mol. The maximum atomic E-state index is 11.7. The van der Waals surface area contributed by atoms with Crippen LogP contribution in [-0.2, 0) is 11.4 Å². The van der Waals surface area contributed by atoms with Crippen LogP contribution in [0.3, 0.4) is 0 Å². The molecule has 0 fully saturated rings. The van der Waals surface area contributed by atoms with E-state index in [1.807, 2.05) is 0 Å². The van der Waals surface area contributed by atoms with Gasteiger partial charge < -0.3 is 0 Å². The molecule has 0 saturated heterocycles. The summed E-state index contributed by atoms with van der Waals surface area (Å²) in [6.07, 6.45) is 0.201. The highest BCUT2D eigenvalue weighted by molar-refractivity contribution is 5.89. The van der Waals surface area contributed by atoms with Crippen LogP contribution >= 0.6 is 0 Å². The van der Waals surface area contributed by atoms with Crippen molar-refractivity contribution in [2.45, 2.75) is 13.3 Å². The fraction of sp³-hybridized carbons (Fsp3) is 0.300. The quantitative estimate of drug-likeness (QED) is 0.581.